The number of amides is 2. The van der Waals surface area contributed by atoms with Gasteiger partial charge in [-0.25, -0.2) is 8.42 Å². The zero-order chi connectivity index (χ0) is 31.1. The maximum Gasteiger partial charge on any atom is 0.264 e. The third-order valence-corrected chi connectivity index (χ3v) is 10.1. The van der Waals surface area contributed by atoms with Crippen LogP contribution in [0.3, 0.4) is 0 Å². The van der Waals surface area contributed by atoms with E-state index in [1.165, 1.54) is 35.2 Å². The highest BCUT2D eigenvalue weighted by Crippen LogP contribution is 2.30. The number of sulfonamides is 1. The van der Waals surface area contributed by atoms with Gasteiger partial charge in [-0.15, -0.1) is 0 Å². The third kappa shape index (κ3) is 8.52. The number of hydrogen-bond donors (Lipinski definition) is 1. The van der Waals surface area contributed by atoms with Gasteiger partial charge >= 0.3 is 0 Å². The number of halogens is 2. The van der Waals surface area contributed by atoms with Gasteiger partial charge in [-0.05, 0) is 69.0 Å². The summed E-state index contributed by atoms with van der Waals surface area (Å²) >= 11 is 12.6. The summed E-state index contributed by atoms with van der Waals surface area (Å²) in [6.07, 6.45) is 5.45. The summed E-state index contributed by atoms with van der Waals surface area (Å²) in [6, 6.07) is 17.8. The number of hydrogen-bond acceptors (Lipinski definition) is 4. The molecule has 10 heteroatoms. The lowest BCUT2D eigenvalue weighted by atomic mass is 9.95. The Hall–Kier alpha value is -3.07. The number of aryl methyl sites for hydroxylation is 2. The Bertz CT molecular complexity index is 1500. The fourth-order valence-corrected chi connectivity index (χ4v) is 7.32. The van der Waals surface area contributed by atoms with Crippen molar-refractivity contribution in [2.75, 3.05) is 10.8 Å². The molecule has 4 rings (SSSR count). The summed E-state index contributed by atoms with van der Waals surface area (Å²) in [4.78, 5) is 29.4. The minimum atomic E-state index is -4.22. The number of benzene rings is 3. The van der Waals surface area contributed by atoms with E-state index >= 15 is 0 Å². The van der Waals surface area contributed by atoms with E-state index in [-0.39, 0.29) is 39.1 Å². The first-order valence-corrected chi connectivity index (χ1v) is 16.9. The Morgan fingerprint density at radius 2 is 1.44 bits per heavy atom. The van der Waals surface area contributed by atoms with Gasteiger partial charge in [-0.3, -0.25) is 13.9 Å². The van der Waals surface area contributed by atoms with Crippen LogP contribution in [0.4, 0.5) is 5.69 Å². The second-order valence-corrected chi connectivity index (χ2v) is 14.0. The van der Waals surface area contributed by atoms with Crippen molar-refractivity contribution in [3.8, 4) is 0 Å². The molecular weight excluding hydrogens is 605 g/mol. The number of nitrogens with zero attached hydrogens (tertiary/aromatic N) is 2. The van der Waals surface area contributed by atoms with Crippen LogP contribution in [-0.4, -0.2) is 43.8 Å². The molecule has 0 spiro atoms. The quantitative estimate of drug-likeness (QED) is 0.242. The Morgan fingerprint density at radius 3 is 2.00 bits per heavy atom. The fraction of sp³-hybridized carbons (Fsp3) is 0.394. The van der Waals surface area contributed by atoms with Gasteiger partial charge in [-0.2, -0.15) is 0 Å². The predicted molar refractivity (Wildman–Crippen MR) is 173 cm³/mol. The minimum absolute atomic E-state index is 0.0224. The first kappa shape index (κ1) is 32.8. The molecule has 0 aliphatic heterocycles. The van der Waals surface area contributed by atoms with Gasteiger partial charge in [0.25, 0.3) is 10.0 Å². The van der Waals surface area contributed by atoms with E-state index in [0.717, 1.165) is 53.1 Å². The number of rotatable bonds is 11. The number of carbonyl (C=O) groups excluding carboxylic acids is 2. The molecule has 0 unspecified atom stereocenters. The second-order valence-electron chi connectivity index (χ2n) is 11.2. The summed E-state index contributed by atoms with van der Waals surface area (Å²) in [5, 5.41) is 3.62. The van der Waals surface area contributed by atoms with E-state index in [2.05, 4.69) is 5.32 Å². The van der Waals surface area contributed by atoms with Crippen LogP contribution in [0, 0.1) is 13.8 Å². The fourth-order valence-electron chi connectivity index (χ4n) is 5.40. The van der Waals surface area contributed by atoms with Crippen molar-refractivity contribution in [2.24, 2.45) is 0 Å². The number of carbonyl (C=O) groups is 2. The zero-order valence-corrected chi connectivity index (χ0v) is 27.2. The van der Waals surface area contributed by atoms with Crippen LogP contribution in [0.15, 0.2) is 71.6 Å². The number of anilines is 1. The smallest absolute Gasteiger partial charge is 0.264 e. The highest BCUT2D eigenvalue weighted by Gasteiger charge is 2.34. The van der Waals surface area contributed by atoms with E-state index in [9.17, 15) is 18.0 Å². The molecule has 0 saturated heterocycles. The van der Waals surface area contributed by atoms with Crippen molar-refractivity contribution in [2.45, 2.75) is 82.8 Å². The largest absolute Gasteiger partial charge is 0.352 e. The van der Waals surface area contributed by atoms with Crippen LogP contribution >= 0.6 is 23.2 Å². The standard InChI is InChI=1S/C33H39Cl2N3O4S/c1-4-31(33(40)36-28-8-6-5-7-9-28)37(21-25-14-10-23(2)11-15-25)32(39)22-38(29-19-26(34)18-27(35)20-29)43(41,42)30-16-12-24(3)13-17-30/h10-20,28,31H,4-9,21-22H2,1-3H3,(H,36,40)/t31-/m1/s1. The summed E-state index contributed by atoms with van der Waals surface area (Å²) in [6.45, 7) is 5.29. The van der Waals surface area contributed by atoms with Crippen LogP contribution in [-0.2, 0) is 26.2 Å². The first-order chi connectivity index (χ1) is 20.5. The average molecular weight is 645 g/mol. The SMILES string of the molecule is CC[C@H](C(=O)NC1CCCCC1)N(Cc1ccc(C)cc1)C(=O)CN(c1cc(Cl)cc(Cl)c1)S(=O)(=O)c1ccc(C)cc1. The highest BCUT2D eigenvalue weighted by molar-refractivity contribution is 7.92. The Labute approximate surface area is 265 Å². The van der Waals surface area contributed by atoms with Crippen molar-refractivity contribution in [1.29, 1.82) is 0 Å². The number of nitrogens with one attached hydrogen (secondary N) is 1. The molecular formula is C33H39Cl2N3O4S. The van der Waals surface area contributed by atoms with E-state index in [1.807, 2.05) is 45.0 Å². The molecule has 43 heavy (non-hydrogen) atoms. The molecule has 1 aliphatic rings. The van der Waals surface area contributed by atoms with Crippen LogP contribution in [0.25, 0.3) is 0 Å². The van der Waals surface area contributed by atoms with Gasteiger partial charge in [0.2, 0.25) is 11.8 Å². The van der Waals surface area contributed by atoms with Gasteiger partial charge in [0.15, 0.2) is 0 Å². The van der Waals surface area contributed by atoms with Crippen LogP contribution in [0.5, 0.6) is 0 Å². The average Bonchev–Trinajstić information content (AvgIpc) is 2.97. The van der Waals surface area contributed by atoms with Crippen molar-refractivity contribution in [3.05, 3.63) is 93.5 Å². The van der Waals surface area contributed by atoms with Gasteiger partial charge in [-0.1, -0.05) is 96.9 Å². The molecule has 0 radical (unpaired) electrons. The highest BCUT2D eigenvalue weighted by atomic mass is 35.5. The molecule has 3 aromatic rings. The topological polar surface area (TPSA) is 86.8 Å². The van der Waals surface area contributed by atoms with E-state index in [4.69, 9.17) is 23.2 Å². The Kier molecular flexibility index (Phi) is 11.2. The molecule has 1 aliphatic carbocycles. The summed E-state index contributed by atoms with van der Waals surface area (Å²) in [7, 11) is -4.22. The van der Waals surface area contributed by atoms with Crippen molar-refractivity contribution in [3.63, 3.8) is 0 Å². The molecule has 0 heterocycles. The molecule has 1 fully saturated rings. The molecule has 0 aromatic heterocycles. The molecule has 1 N–H and O–H groups in total. The van der Waals surface area contributed by atoms with Gasteiger partial charge < -0.3 is 10.2 Å². The minimum Gasteiger partial charge on any atom is -0.352 e. The van der Waals surface area contributed by atoms with Crippen LogP contribution in [0.1, 0.15) is 62.1 Å². The molecule has 230 valence electrons. The maximum atomic E-state index is 14.3. The summed E-state index contributed by atoms with van der Waals surface area (Å²) in [5.41, 5.74) is 2.95. The van der Waals surface area contributed by atoms with Crippen molar-refractivity contribution >= 4 is 50.7 Å². The molecule has 1 atom stereocenters. The molecule has 1 saturated carbocycles. The third-order valence-electron chi connectivity index (χ3n) is 7.83. The second kappa shape index (κ2) is 14.6. The summed E-state index contributed by atoms with van der Waals surface area (Å²) in [5.74, 6) is -0.744. The van der Waals surface area contributed by atoms with E-state index in [0.29, 0.717) is 6.42 Å². The zero-order valence-electron chi connectivity index (χ0n) is 24.9. The normalized spacial score (nSPS) is 14.6. The Morgan fingerprint density at radius 1 is 0.884 bits per heavy atom. The van der Waals surface area contributed by atoms with Gasteiger partial charge in [0.1, 0.15) is 12.6 Å². The maximum absolute atomic E-state index is 14.3. The van der Waals surface area contributed by atoms with Gasteiger partial charge in [0.05, 0.1) is 10.6 Å². The Balaban J connectivity index is 1.72. The van der Waals surface area contributed by atoms with Crippen molar-refractivity contribution < 1.29 is 18.0 Å². The van der Waals surface area contributed by atoms with E-state index < -0.39 is 28.5 Å². The molecule has 2 amide bonds. The van der Waals surface area contributed by atoms with E-state index in [1.54, 1.807) is 12.1 Å². The molecule has 0 bridgehead atoms. The lowest BCUT2D eigenvalue weighted by Crippen LogP contribution is -2.54. The van der Waals surface area contributed by atoms with Crippen LogP contribution in [0.2, 0.25) is 10.0 Å². The lowest BCUT2D eigenvalue weighted by molar-refractivity contribution is -0.140. The summed E-state index contributed by atoms with van der Waals surface area (Å²) < 4.78 is 29.1. The molecule has 3 aromatic carbocycles. The lowest BCUT2D eigenvalue weighted by Gasteiger charge is -2.34. The monoisotopic (exact) mass is 643 g/mol. The van der Waals surface area contributed by atoms with Crippen LogP contribution < -0.4 is 9.62 Å². The predicted octanol–water partition coefficient (Wildman–Crippen LogP) is 7.06. The first-order valence-electron chi connectivity index (χ1n) is 14.7. The van der Waals surface area contributed by atoms with Crippen molar-refractivity contribution in [1.82, 2.24) is 10.2 Å². The van der Waals surface area contributed by atoms with Gasteiger partial charge in [0, 0.05) is 22.6 Å². The molecule has 7 nitrogen and oxygen atoms in total.